The molecule has 0 saturated heterocycles. The number of ether oxygens (including phenoxy) is 4. The average Bonchev–Trinajstić information content (AvgIpc) is 2.41. The lowest BCUT2D eigenvalue weighted by molar-refractivity contribution is -0.161. The number of aliphatic hydroxyl groups excluding tert-OH is 1. The molecule has 0 bridgehead atoms. The number of phosphoric ester groups is 2. The van der Waals surface area contributed by atoms with Crippen LogP contribution in [-0.2, 0) is 65.4 Å². The summed E-state index contributed by atoms with van der Waals surface area (Å²) in [7, 11) is -9.91. The number of hydrogen-bond donors (Lipinski definition) is 3. The molecule has 0 heterocycles. The van der Waals surface area contributed by atoms with Crippen LogP contribution in [0.4, 0.5) is 0 Å². The second-order valence-electron chi connectivity index (χ2n) is 27.4. The third-order valence-corrected chi connectivity index (χ3v) is 19.5. The monoisotopic (exact) mass is 1370 g/mol. The lowest BCUT2D eigenvalue weighted by Gasteiger charge is -2.21. The summed E-state index contributed by atoms with van der Waals surface area (Å²) >= 11 is 0. The molecular formula is C74H144O17P2. The Morgan fingerprint density at radius 2 is 0.548 bits per heavy atom. The number of rotatable bonds is 73. The summed E-state index contributed by atoms with van der Waals surface area (Å²) in [6.45, 7) is 9.59. The molecule has 3 unspecified atom stereocenters. The molecular weight excluding hydrogens is 1220 g/mol. The minimum Gasteiger partial charge on any atom is -0.462 e. The molecule has 552 valence electrons. The van der Waals surface area contributed by atoms with Crippen molar-refractivity contribution in [1.82, 2.24) is 0 Å². The Kier molecular flexibility index (Phi) is 64.6. The molecule has 0 spiro atoms. The van der Waals surface area contributed by atoms with Crippen LogP contribution in [0.15, 0.2) is 0 Å². The van der Waals surface area contributed by atoms with E-state index in [1.165, 1.54) is 199 Å². The van der Waals surface area contributed by atoms with Crippen molar-refractivity contribution in [2.75, 3.05) is 39.6 Å². The maximum atomic E-state index is 13.1. The second kappa shape index (κ2) is 66.0. The molecule has 17 nitrogen and oxygen atoms in total. The van der Waals surface area contributed by atoms with Gasteiger partial charge in [0.15, 0.2) is 12.2 Å². The largest absolute Gasteiger partial charge is 0.472 e. The average molecular weight is 1370 g/mol. The van der Waals surface area contributed by atoms with E-state index in [2.05, 4.69) is 41.5 Å². The van der Waals surface area contributed by atoms with Gasteiger partial charge < -0.3 is 33.8 Å². The van der Waals surface area contributed by atoms with Crippen LogP contribution >= 0.6 is 15.6 Å². The minimum absolute atomic E-state index is 0.107. The first-order valence-corrected chi connectivity index (χ1v) is 41.5. The predicted molar refractivity (Wildman–Crippen MR) is 377 cm³/mol. The molecule has 0 fully saturated rings. The van der Waals surface area contributed by atoms with Crippen LogP contribution in [0.1, 0.15) is 382 Å². The van der Waals surface area contributed by atoms with Crippen LogP contribution in [-0.4, -0.2) is 96.7 Å². The Labute approximate surface area is 568 Å². The Morgan fingerprint density at radius 1 is 0.312 bits per heavy atom. The van der Waals surface area contributed by atoms with E-state index in [-0.39, 0.29) is 25.7 Å². The van der Waals surface area contributed by atoms with Crippen molar-refractivity contribution in [2.24, 2.45) is 11.8 Å². The number of aliphatic hydroxyl groups is 1. The molecule has 93 heavy (non-hydrogen) atoms. The van der Waals surface area contributed by atoms with Crippen molar-refractivity contribution < 1.29 is 80.2 Å². The second-order valence-corrected chi connectivity index (χ2v) is 30.3. The molecule has 6 atom stereocenters. The molecule has 3 N–H and O–H groups in total. The summed E-state index contributed by atoms with van der Waals surface area (Å²) in [5, 5.41) is 10.6. The Hall–Kier alpha value is -1.94. The zero-order valence-electron chi connectivity index (χ0n) is 60.6. The fraction of sp³-hybridized carbons (Fsp3) is 0.946. The van der Waals surface area contributed by atoms with E-state index in [1.54, 1.807) is 0 Å². The van der Waals surface area contributed by atoms with Crippen molar-refractivity contribution in [3.63, 3.8) is 0 Å². The van der Waals surface area contributed by atoms with Gasteiger partial charge in [-0.3, -0.25) is 37.3 Å². The molecule has 0 aliphatic carbocycles. The van der Waals surface area contributed by atoms with Crippen molar-refractivity contribution in [2.45, 2.75) is 400 Å². The van der Waals surface area contributed by atoms with Gasteiger partial charge in [0, 0.05) is 25.7 Å². The van der Waals surface area contributed by atoms with Crippen LogP contribution in [0.3, 0.4) is 0 Å². The van der Waals surface area contributed by atoms with Gasteiger partial charge in [-0.2, -0.15) is 0 Å². The first-order chi connectivity index (χ1) is 44.9. The van der Waals surface area contributed by atoms with Gasteiger partial charge in [-0.15, -0.1) is 0 Å². The summed E-state index contributed by atoms with van der Waals surface area (Å²) in [6.07, 6.45) is 52.5. The van der Waals surface area contributed by atoms with Gasteiger partial charge in [-0.05, 0) is 37.5 Å². The molecule has 0 amide bonds. The molecule has 0 rings (SSSR count). The van der Waals surface area contributed by atoms with Crippen LogP contribution in [0, 0.1) is 11.8 Å². The zero-order valence-corrected chi connectivity index (χ0v) is 62.3. The summed E-state index contributed by atoms with van der Waals surface area (Å²) in [6, 6.07) is 0. The first kappa shape index (κ1) is 91.1. The molecule has 0 radical (unpaired) electrons. The van der Waals surface area contributed by atoms with E-state index in [0.717, 1.165) is 102 Å². The number of hydrogen-bond acceptors (Lipinski definition) is 15. The highest BCUT2D eigenvalue weighted by Gasteiger charge is 2.30. The zero-order chi connectivity index (χ0) is 68.6. The molecule has 0 aromatic heterocycles. The van der Waals surface area contributed by atoms with Crippen molar-refractivity contribution in [1.29, 1.82) is 0 Å². The summed E-state index contributed by atoms with van der Waals surface area (Å²) in [4.78, 5) is 72.8. The van der Waals surface area contributed by atoms with Crippen LogP contribution in [0.2, 0.25) is 0 Å². The quantitative estimate of drug-likeness (QED) is 0.0222. The Bertz CT molecular complexity index is 1810. The molecule has 0 aliphatic heterocycles. The highest BCUT2D eigenvalue weighted by molar-refractivity contribution is 7.47. The van der Waals surface area contributed by atoms with E-state index in [1.807, 2.05) is 0 Å². The maximum absolute atomic E-state index is 13.1. The molecule has 19 heteroatoms. The predicted octanol–water partition coefficient (Wildman–Crippen LogP) is 21.6. The third-order valence-electron chi connectivity index (χ3n) is 17.6. The highest BCUT2D eigenvalue weighted by atomic mass is 31.2. The maximum Gasteiger partial charge on any atom is 0.472 e. The van der Waals surface area contributed by atoms with Crippen LogP contribution in [0.25, 0.3) is 0 Å². The fourth-order valence-electron chi connectivity index (χ4n) is 11.3. The first-order valence-electron chi connectivity index (χ1n) is 38.5. The number of carbonyl (C=O) groups is 4. The normalized spacial score (nSPS) is 14.3. The van der Waals surface area contributed by atoms with E-state index < -0.39 is 97.5 Å². The number of esters is 4. The van der Waals surface area contributed by atoms with E-state index in [4.69, 9.17) is 37.0 Å². The molecule has 0 aromatic carbocycles. The Balaban J connectivity index is 5.27. The van der Waals surface area contributed by atoms with Gasteiger partial charge in [0.25, 0.3) is 0 Å². The van der Waals surface area contributed by atoms with Gasteiger partial charge >= 0.3 is 39.5 Å². The van der Waals surface area contributed by atoms with Crippen molar-refractivity contribution >= 4 is 39.5 Å². The number of unbranched alkanes of at least 4 members (excludes halogenated alkanes) is 42. The summed E-state index contributed by atoms with van der Waals surface area (Å²) < 4.78 is 68.5. The standard InChI is InChI=1S/C74H144O17P2/c1-7-10-12-14-16-18-20-22-24-27-31-38-44-50-56-71(76)84-62-69(90-74(79)59-53-47-41-33-29-25-26-30-36-42-48-54-66(4)5)64-88-92(80,81)86-60-68(75)61-87-93(82,83)89-65-70(63-85-72(77)57-51-45-39-35-34-37-43-49-55-67(6)9-3)91-73(78)58-52-46-40-32-28-23-21-19-17-15-13-11-8-2/h66-70,75H,7-65H2,1-6H3,(H,80,81)(H,82,83)/t67?,68-,69-,70-/m1/s1. The van der Waals surface area contributed by atoms with Crippen LogP contribution < -0.4 is 0 Å². The summed E-state index contributed by atoms with van der Waals surface area (Å²) in [5.74, 6) is -0.573. The van der Waals surface area contributed by atoms with Gasteiger partial charge in [-0.1, -0.05) is 330 Å². The molecule has 0 saturated carbocycles. The number of carbonyl (C=O) groups excluding carboxylic acids is 4. The summed E-state index contributed by atoms with van der Waals surface area (Å²) in [5.41, 5.74) is 0. The van der Waals surface area contributed by atoms with Gasteiger partial charge in [-0.25, -0.2) is 9.13 Å². The van der Waals surface area contributed by atoms with Gasteiger partial charge in [0.2, 0.25) is 0 Å². The lowest BCUT2D eigenvalue weighted by Crippen LogP contribution is -2.30. The molecule has 0 aromatic rings. The SMILES string of the molecule is CCCCCCCCCCCCCCCCC(=O)OC[C@H](COP(=O)(O)OC[C@@H](O)COP(=O)(O)OC[C@@H](COC(=O)CCCCCCCCCCC(C)CC)OC(=O)CCCCCCCCCCCCCCC)OC(=O)CCCCCCCCCCCCCC(C)C. The minimum atomic E-state index is -4.95. The smallest absolute Gasteiger partial charge is 0.462 e. The highest BCUT2D eigenvalue weighted by Crippen LogP contribution is 2.45. The third kappa shape index (κ3) is 67.0. The van der Waals surface area contributed by atoms with Gasteiger partial charge in [0.1, 0.15) is 19.3 Å². The van der Waals surface area contributed by atoms with E-state index >= 15 is 0 Å². The topological polar surface area (TPSA) is 237 Å². The van der Waals surface area contributed by atoms with Crippen molar-refractivity contribution in [3.8, 4) is 0 Å². The number of phosphoric acid groups is 2. The van der Waals surface area contributed by atoms with Gasteiger partial charge in [0.05, 0.1) is 26.4 Å². The van der Waals surface area contributed by atoms with Crippen molar-refractivity contribution in [3.05, 3.63) is 0 Å². The lowest BCUT2D eigenvalue weighted by atomic mass is 9.99. The van der Waals surface area contributed by atoms with Crippen LogP contribution in [0.5, 0.6) is 0 Å². The fourth-order valence-corrected chi connectivity index (χ4v) is 12.8. The van der Waals surface area contributed by atoms with E-state index in [0.29, 0.717) is 25.7 Å². The molecule has 0 aliphatic rings. The Morgan fingerprint density at radius 3 is 0.817 bits per heavy atom. The van der Waals surface area contributed by atoms with E-state index in [9.17, 15) is 43.2 Å².